The van der Waals surface area contributed by atoms with Crippen LogP contribution >= 0.6 is 0 Å². The van der Waals surface area contributed by atoms with Crippen LogP contribution in [0.5, 0.6) is 0 Å². The highest BCUT2D eigenvalue weighted by molar-refractivity contribution is 5.80. The van der Waals surface area contributed by atoms with E-state index in [4.69, 9.17) is 5.11 Å². The average molecular weight is 197 g/mol. The van der Waals surface area contributed by atoms with Gasteiger partial charge < -0.3 is 14.4 Å². The molecule has 14 heavy (non-hydrogen) atoms. The van der Waals surface area contributed by atoms with Crippen molar-refractivity contribution < 1.29 is 19.4 Å². The van der Waals surface area contributed by atoms with Gasteiger partial charge in [-0.15, -0.1) is 0 Å². The van der Waals surface area contributed by atoms with Gasteiger partial charge in [0.25, 0.3) is 0 Å². The van der Waals surface area contributed by atoms with Gasteiger partial charge in [0.2, 0.25) is 0 Å². The van der Waals surface area contributed by atoms with Gasteiger partial charge in [0.15, 0.2) is 0 Å². The smallest absolute Gasteiger partial charge is 0.329 e. The highest BCUT2D eigenvalue weighted by Crippen LogP contribution is 2.13. The first-order valence-corrected chi connectivity index (χ1v) is 4.07. The summed E-state index contributed by atoms with van der Waals surface area (Å²) < 4.78 is 6.03. The van der Waals surface area contributed by atoms with Crippen LogP contribution in [0.4, 0.5) is 0 Å². The van der Waals surface area contributed by atoms with E-state index in [1.807, 2.05) is 0 Å². The third-order valence-electron chi connectivity index (χ3n) is 1.83. The van der Waals surface area contributed by atoms with Crippen LogP contribution in [0.1, 0.15) is 12.5 Å². The molecule has 5 nitrogen and oxygen atoms in total. The number of aromatic nitrogens is 1. The summed E-state index contributed by atoms with van der Waals surface area (Å²) in [5.74, 6) is -1.59. The molecule has 0 amide bonds. The van der Waals surface area contributed by atoms with Gasteiger partial charge in [0.1, 0.15) is 6.04 Å². The summed E-state index contributed by atoms with van der Waals surface area (Å²) in [6.45, 7) is 0. The fourth-order valence-corrected chi connectivity index (χ4v) is 1.17. The van der Waals surface area contributed by atoms with Crippen molar-refractivity contribution >= 4 is 11.9 Å². The van der Waals surface area contributed by atoms with E-state index in [-0.39, 0.29) is 6.42 Å². The van der Waals surface area contributed by atoms with E-state index in [1.54, 1.807) is 24.5 Å². The SMILES string of the molecule is COC(=O)C(CC(=O)O)n1cccc1. The number of carbonyl (C=O) groups is 2. The maximum absolute atomic E-state index is 11.2. The highest BCUT2D eigenvalue weighted by atomic mass is 16.5. The first kappa shape index (κ1) is 10.3. The third kappa shape index (κ3) is 2.35. The van der Waals surface area contributed by atoms with Gasteiger partial charge >= 0.3 is 11.9 Å². The van der Waals surface area contributed by atoms with Gasteiger partial charge in [-0.25, -0.2) is 4.79 Å². The molecular formula is C9H11NO4. The lowest BCUT2D eigenvalue weighted by Crippen LogP contribution is -2.22. The molecule has 0 aliphatic heterocycles. The highest BCUT2D eigenvalue weighted by Gasteiger charge is 2.23. The first-order valence-electron chi connectivity index (χ1n) is 4.07. The van der Waals surface area contributed by atoms with Crippen LogP contribution in [0.2, 0.25) is 0 Å². The summed E-state index contributed by atoms with van der Waals surface area (Å²) in [6.07, 6.45) is 2.98. The summed E-state index contributed by atoms with van der Waals surface area (Å²) in [6, 6.07) is 2.66. The molecule has 1 heterocycles. The number of ether oxygens (including phenoxy) is 1. The van der Waals surface area contributed by atoms with Crippen LogP contribution in [-0.4, -0.2) is 28.7 Å². The minimum absolute atomic E-state index is 0.276. The summed E-state index contributed by atoms with van der Waals surface area (Å²) >= 11 is 0. The van der Waals surface area contributed by atoms with Crippen LogP contribution < -0.4 is 0 Å². The number of rotatable bonds is 4. The summed E-state index contributed by atoms with van der Waals surface area (Å²) in [4.78, 5) is 21.7. The Kier molecular flexibility index (Phi) is 3.28. The second-order valence-corrected chi connectivity index (χ2v) is 2.77. The van der Waals surface area contributed by atoms with Crippen LogP contribution in [0.25, 0.3) is 0 Å². The number of hydrogen-bond donors (Lipinski definition) is 1. The largest absolute Gasteiger partial charge is 0.481 e. The van der Waals surface area contributed by atoms with Gasteiger partial charge in [0.05, 0.1) is 13.5 Å². The number of carboxylic acids is 1. The normalized spacial score (nSPS) is 12.1. The van der Waals surface area contributed by atoms with E-state index in [0.717, 1.165) is 0 Å². The monoisotopic (exact) mass is 197 g/mol. The first-order chi connectivity index (χ1) is 6.65. The molecule has 1 unspecified atom stereocenters. The van der Waals surface area contributed by atoms with E-state index < -0.39 is 18.0 Å². The van der Waals surface area contributed by atoms with Gasteiger partial charge in [-0.1, -0.05) is 0 Å². The van der Waals surface area contributed by atoms with Crippen molar-refractivity contribution in [1.29, 1.82) is 0 Å². The van der Waals surface area contributed by atoms with Crippen molar-refractivity contribution in [2.24, 2.45) is 0 Å². The number of carbonyl (C=O) groups excluding carboxylic acids is 1. The number of nitrogens with zero attached hydrogens (tertiary/aromatic N) is 1. The van der Waals surface area contributed by atoms with Gasteiger partial charge in [-0.2, -0.15) is 0 Å². The molecule has 1 atom stereocenters. The molecule has 76 valence electrons. The van der Waals surface area contributed by atoms with Crippen molar-refractivity contribution in [3.05, 3.63) is 24.5 Å². The summed E-state index contributed by atoms with van der Waals surface area (Å²) in [5.41, 5.74) is 0. The van der Waals surface area contributed by atoms with E-state index in [0.29, 0.717) is 0 Å². The number of esters is 1. The molecule has 0 aromatic carbocycles. The fourth-order valence-electron chi connectivity index (χ4n) is 1.17. The number of carboxylic acid groups (broad SMARTS) is 1. The Labute approximate surface area is 80.9 Å². The van der Waals surface area contributed by atoms with Gasteiger partial charge in [-0.05, 0) is 12.1 Å². The van der Waals surface area contributed by atoms with Crippen molar-refractivity contribution in [2.45, 2.75) is 12.5 Å². The molecular weight excluding hydrogens is 186 g/mol. The van der Waals surface area contributed by atoms with Crippen molar-refractivity contribution in [3.8, 4) is 0 Å². The second kappa shape index (κ2) is 4.45. The lowest BCUT2D eigenvalue weighted by Gasteiger charge is -2.13. The summed E-state index contributed by atoms with van der Waals surface area (Å²) in [7, 11) is 1.24. The Hall–Kier alpha value is -1.78. The van der Waals surface area contributed by atoms with E-state index in [2.05, 4.69) is 4.74 Å². The molecule has 1 N–H and O–H groups in total. The lowest BCUT2D eigenvalue weighted by molar-refractivity contribution is -0.149. The van der Waals surface area contributed by atoms with Crippen molar-refractivity contribution in [3.63, 3.8) is 0 Å². The molecule has 5 heteroatoms. The van der Waals surface area contributed by atoms with E-state index >= 15 is 0 Å². The van der Waals surface area contributed by atoms with E-state index in [9.17, 15) is 9.59 Å². The Morgan fingerprint density at radius 3 is 2.43 bits per heavy atom. The third-order valence-corrected chi connectivity index (χ3v) is 1.83. The molecule has 0 spiro atoms. The maximum Gasteiger partial charge on any atom is 0.329 e. The molecule has 0 bridgehead atoms. The Balaban J connectivity index is 2.82. The van der Waals surface area contributed by atoms with E-state index in [1.165, 1.54) is 11.7 Å². The number of hydrogen-bond acceptors (Lipinski definition) is 3. The second-order valence-electron chi connectivity index (χ2n) is 2.77. The number of aliphatic carboxylic acids is 1. The molecule has 0 saturated heterocycles. The Morgan fingerprint density at radius 2 is 2.00 bits per heavy atom. The average Bonchev–Trinajstić information content (AvgIpc) is 2.65. The minimum atomic E-state index is -1.03. The molecule has 0 saturated carbocycles. The Bertz CT molecular complexity index is 318. The van der Waals surface area contributed by atoms with Crippen LogP contribution in [0.15, 0.2) is 24.5 Å². The predicted octanol–water partition coefficient (Wildman–Crippen LogP) is 0.677. The Morgan fingerprint density at radius 1 is 1.43 bits per heavy atom. The van der Waals surface area contributed by atoms with Crippen molar-refractivity contribution in [2.75, 3.05) is 7.11 Å². The molecule has 0 radical (unpaired) electrons. The molecule has 1 aromatic heterocycles. The zero-order valence-corrected chi connectivity index (χ0v) is 7.71. The zero-order valence-electron chi connectivity index (χ0n) is 7.71. The van der Waals surface area contributed by atoms with Crippen molar-refractivity contribution in [1.82, 2.24) is 4.57 Å². The molecule has 1 aromatic rings. The fraction of sp³-hybridized carbons (Fsp3) is 0.333. The number of methoxy groups -OCH3 is 1. The molecule has 1 rings (SSSR count). The molecule has 0 aliphatic rings. The van der Waals surface area contributed by atoms with Crippen LogP contribution in [-0.2, 0) is 14.3 Å². The van der Waals surface area contributed by atoms with Gasteiger partial charge in [-0.3, -0.25) is 4.79 Å². The molecule has 0 aliphatic carbocycles. The van der Waals surface area contributed by atoms with Crippen LogP contribution in [0.3, 0.4) is 0 Å². The quantitative estimate of drug-likeness (QED) is 0.720. The molecule has 0 fully saturated rings. The topological polar surface area (TPSA) is 68.5 Å². The predicted molar refractivity (Wildman–Crippen MR) is 47.7 cm³/mol. The van der Waals surface area contributed by atoms with Crippen LogP contribution in [0, 0.1) is 0 Å². The lowest BCUT2D eigenvalue weighted by atomic mass is 10.2. The summed E-state index contributed by atoms with van der Waals surface area (Å²) in [5, 5.41) is 8.61. The van der Waals surface area contributed by atoms with Gasteiger partial charge in [0, 0.05) is 12.4 Å². The zero-order chi connectivity index (χ0) is 10.6. The standard InChI is InChI=1S/C9H11NO4/c1-14-9(13)7(6-8(11)12)10-4-2-3-5-10/h2-5,7H,6H2,1H3,(H,11,12). The maximum atomic E-state index is 11.2. The minimum Gasteiger partial charge on any atom is -0.481 e.